The van der Waals surface area contributed by atoms with Crippen molar-refractivity contribution in [3.8, 4) is 11.3 Å². The molecule has 0 aliphatic carbocycles. The summed E-state index contributed by atoms with van der Waals surface area (Å²) in [6.07, 6.45) is -16.2. The number of rotatable bonds is 6. The van der Waals surface area contributed by atoms with Crippen LogP contribution in [0.3, 0.4) is 0 Å². The summed E-state index contributed by atoms with van der Waals surface area (Å²) >= 11 is 0. The molecule has 0 amide bonds. The number of aromatic nitrogens is 1. The first-order valence-electron chi connectivity index (χ1n) is 12.6. The molecule has 4 aromatic rings. The number of halogens is 10. The summed E-state index contributed by atoms with van der Waals surface area (Å²) < 4.78 is 130. The van der Waals surface area contributed by atoms with Gasteiger partial charge in [-0.05, 0) is 41.6 Å². The van der Waals surface area contributed by atoms with E-state index < -0.39 is 49.6 Å². The van der Waals surface area contributed by atoms with E-state index in [1.807, 2.05) is 0 Å². The quantitative estimate of drug-likeness (QED) is 0.124. The maximum atomic E-state index is 13.7. The molecule has 1 N–H and O–H groups in total. The van der Waals surface area contributed by atoms with Gasteiger partial charge in [0.15, 0.2) is 0 Å². The van der Waals surface area contributed by atoms with Gasteiger partial charge in [-0.2, -0.15) is 39.5 Å². The summed E-state index contributed by atoms with van der Waals surface area (Å²) in [7, 11) is 1.03. The molecule has 0 aliphatic heterocycles. The molecule has 0 saturated carbocycles. The van der Waals surface area contributed by atoms with E-state index >= 15 is 0 Å². The Morgan fingerprint density at radius 3 is 1.67 bits per heavy atom. The molecular weight excluding hydrogens is 818 g/mol. The average molecular weight is 843 g/mol. The van der Waals surface area contributed by atoms with Gasteiger partial charge >= 0.3 is 18.5 Å². The second-order valence-corrected chi connectivity index (χ2v) is 12.1. The summed E-state index contributed by atoms with van der Waals surface area (Å²) in [5.74, 6) is -0.790. The van der Waals surface area contributed by atoms with Crippen LogP contribution in [0.1, 0.15) is 5.56 Å². The Hall–Kier alpha value is -3.05. The maximum Gasteiger partial charge on any atom is 0.430 e. The topological polar surface area (TPSA) is 36.4 Å². The van der Waals surface area contributed by atoms with Gasteiger partial charge in [0, 0.05) is 51.9 Å². The van der Waals surface area contributed by atoms with Crippen LogP contribution in [0.4, 0.5) is 49.6 Å². The Bertz CT molecular complexity index is 1460. The van der Waals surface area contributed by atoms with Gasteiger partial charge < -0.3 is 15.0 Å². The van der Waals surface area contributed by atoms with E-state index in [0.717, 1.165) is 6.07 Å². The molecule has 0 bridgehead atoms. The van der Waals surface area contributed by atoms with E-state index in [4.69, 9.17) is 0 Å². The minimum Gasteiger partial charge on any atom is -0.378 e. The normalized spacial score (nSPS) is 12.2. The average Bonchev–Trinajstić information content (AvgIpc) is 2.95. The van der Waals surface area contributed by atoms with Gasteiger partial charge in [0.05, 0.1) is 18.5 Å². The van der Waals surface area contributed by atoms with Crippen LogP contribution in [0, 0.1) is 11.9 Å². The molecule has 0 spiro atoms. The number of anilines is 1. The first-order valence-corrected chi connectivity index (χ1v) is 14.3. The van der Waals surface area contributed by atoms with Gasteiger partial charge in [-0.1, -0.05) is 48.0 Å². The summed E-state index contributed by atoms with van der Waals surface area (Å²) in [4.78, 5) is 5.66. The number of nitrogens with zero attached hydrogens (tertiary/aromatic N) is 2. The van der Waals surface area contributed by atoms with Crippen molar-refractivity contribution in [3.05, 3.63) is 109 Å². The number of benzene rings is 3. The van der Waals surface area contributed by atoms with E-state index in [-0.39, 0.29) is 31.4 Å². The van der Waals surface area contributed by atoms with Crippen molar-refractivity contribution in [2.75, 3.05) is 25.2 Å². The zero-order valence-electron chi connectivity index (χ0n) is 23.3. The fourth-order valence-electron chi connectivity index (χ4n) is 3.93. The smallest absolute Gasteiger partial charge is 0.378 e. The third-order valence-corrected chi connectivity index (χ3v) is 9.26. The number of pyridine rings is 1. The van der Waals surface area contributed by atoms with Gasteiger partial charge in [0.2, 0.25) is 0 Å². The van der Waals surface area contributed by atoms with Crippen molar-refractivity contribution >= 4 is 24.2 Å². The van der Waals surface area contributed by atoms with Gasteiger partial charge in [-0.3, -0.25) is 4.39 Å². The summed E-state index contributed by atoms with van der Waals surface area (Å²) in [6, 6.07) is 22.0. The Balaban J connectivity index is 0.000000311. The monoisotopic (exact) mass is 843 g/mol. The molecule has 15 heteroatoms. The SMILES string of the molecule is CN(C)c1ccnc(-c2[c-]c(C(F)(F)F)ccc2F)c1.OC(C[PH+](c1ccccc1)c1ccccc1)(C(F)(F)F)C(F)(F)F.[Ir]. The fourth-order valence-corrected chi connectivity index (χ4v) is 6.77. The first kappa shape index (κ1) is 38.1. The van der Waals surface area contributed by atoms with Crippen molar-refractivity contribution < 1.29 is 69.1 Å². The van der Waals surface area contributed by atoms with Crippen LogP contribution in [0.2, 0.25) is 0 Å². The standard InChI is InChI=1S/C16H13F6OP.C14H11F4N2.Ir/c17-15(18,19)14(23,16(20,21)22)11-24(12-7-3-1-4-8-12)13-9-5-2-6-10-13;1-20(2)10-5-6-19-13(8-10)11-7-9(14(16,17)18)3-4-12(11)15;/h1-10,23H,11H2;3-6,8H,1-2H3;/q;-1;/p+1. The molecular formula is C30H25F10IrN2OP. The van der Waals surface area contributed by atoms with E-state index in [2.05, 4.69) is 11.1 Å². The van der Waals surface area contributed by atoms with Crippen LogP contribution in [0.25, 0.3) is 11.3 Å². The van der Waals surface area contributed by atoms with E-state index in [9.17, 15) is 49.0 Å². The van der Waals surface area contributed by atoms with Crippen LogP contribution < -0.4 is 15.5 Å². The zero-order valence-corrected chi connectivity index (χ0v) is 26.7. The molecule has 1 radical (unpaired) electrons. The first-order chi connectivity index (χ1) is 20.3. The molecule has 245 valence electrons. The molecule has 3 aromatic carbocycles. The van der Waals surface area contributed by atoms with Crippen LogP contribution in [0.15, 0.2) is 91.1 Å². The van der Waals surface area contributed by atoms with Crippen molar-refractivity contribution in [3.63, 3.8) is 0 Å². The van der Waals surface area contributed by atoms with Crippen LogP contribution >= 0.6 is 7.92 Å². The minimum atomic E-state index is -5.81. The van der Waals surface area contributed by atoms with Gasteiger partial charge in [-0.25, -0.2) is 0 Å². The second kappa shape index (κ2) is 15.0. The molecule has 0 atom stereocenters. The molecule has 1 aromatic heterocycles. The molecule has 4 rings (SSSR count). The van der Waals surface area contributed by atoms with E-state index in [1.54, 1.807) is 61.5 Å². The van der Waals surface area contributed by atoms with Gasteiger partial charge in [-0.15, -0.1) is 18.2 Å². The van der Waals surface area contributed by atoms with Crippen molar-refractivity contribution in [1.29, 1.82) is 0 Å². The Kier molecular flexibility index (Phi) is 12.7. The van der Waals surface area contributed by atoms with Crippen LogP contribution in [-0.2, 0) is 26.3 Å². The van der Waals surface area contributed by atoms with Crippen molar-refractivity contribution in [2.45, 2.75) is 24.1 Å². The molecule has 1 heterocycles. The van der Waals surface area contributed by atoms with Crippen LogP contribution in [-0.4, -0.2) is 48.3 Å². The Morgan fingerprint density at radius 2 is 1.24 bits per heavy atom. The van der Waals surface area contributed by atoms with Gasteiger partial charge in [0.25, 0.3) is 5.60 Å². The van der Waals surface area contributed by atoms with Gasteiger partial charge in [0.1, 0.15) is 6.16 Å². The molecule has 3 nitrogen and oxygen atoms in total. The molecule has 0 saturated heterocycles. The number of aliphatic hydroxyl groups is 1. The zero-order chi connectivity index (χ0) is 32.9. The number of hydrogen-bond acceptors (Lipinski definition) is 3. The molecule has 0 aliphatic rings. The second-order valence-electron chi connectivity index (χ2n) is 9.63. The van der Waals surface area contributed by atoms with E-state index in [0.29, 0.717) is 22.4 Å². The predicted octanol–water partition coefficient (Wildman–Crippen LogP) is 7.48. The molecule has 45 heavy (non-hydrogen) atoms. The fraction of sp³-hybridized carbons (Fsp3) is 0.233. The van der Waals surface area contributed by atoms with Crippen molar-refractivity contribution in [2.24, 2.45) is 0 Å². The molecule has 0 fully saturated rings. The third kappa shape index (κ3) is 9.48. The molecule has 0 unspecified atom stereocenters. The predicted molar refractivity (Wildman–Crippen MR) is 150 cm³/mol. The Labute approximate surface area is 267 Å². The number of alkyl halides is 9. The third-order valence-electron chi connectivity index (χ3n) is 6.33. The number of hydrogen-bond donors (Lipinski definition) is 1. The van der Waals surface area contributed by atoms with E-state index in [1.165, 1.54) is 36.5 Å². The minimum absolute atomic E-state index is 0. The Morgan fingerprint density at radius 1 is 0.756 bits per heavy atom. The summed E-state index contributed by atoms with van der Waals surface area (Å²) in [6.45, 7) is 0. The largest absolute Gasteiger partial charge is 0.430 e. The summed E-state index contributed by atoms with van der Waals surface area (Å²) in [5, 5.41) is 10.3. The summed E-state index contributed by atoms with van der Waals surface area (Å²) in [5.41, 5.74) is -5.24. The van der Waals surface area contributed by atoms with Crippen molar-refractivity contribution in [1.82, 2.24) is 4.98 Å². The van der Waals surface area contributed by atoms with Crippen LogP contribution in [0.5, 0.6) is 0 Å². The maximum absolute atomic E-state index is 13.7.